The summed E-state index contributed by atoms with van der Waals surface area (Å²) < 4.78 is 4.93. The summed E-state index contributed by atoms with van der Waals surface area (Å²) in [5.74, 6) is 0. The average molecular weight is 174 g/mol. The summed E-state index contributed by atoms with van der Waals surface area (Å²) in [5, 5.41) is 0. The quantitative estimate of drug-likeness (QED) is 0.664. The predicted octanol–water partition coefficient (Wildman–Crippen LogP) is 1.83. The first-order chi connectivity index (χ1) is 4.43. The van der Waals surface area contributed by atoms with Crippen LogP contribution in [-0.2, 0) is 28.7 Å². The van der Waals surface area contributed by atoms with Crippen LogP contribution in [0.1, 0.15) is 5.56 Å². The monoisotopic (exact) mass is 174 g/mol. The number of rotatable bonds is 2. The SMILES string of the molecule is COCc1ccccc1.[Cr]. The molecule has 0 radical (unpaired) electrons. The minimum Gasteiger partial charge on any atom is -0.380 e. The Morgan fingerprint density at radius 1 is 1.20 bits per heavy atom. The molecule has 1 aromatic carbocycles. The zero-order valence-corrected chi connectivity index (χ0v) is 7.19. The van der Waals surface area contributed by atoms with Crippen LogP contribution in [-0.4, -0.2) is 7.11 Å². The van der Waals surface area contributed by atoms with Crippen molar-refractivity contribution in [2.24, 2.45) is 0 Å². The Balaban J connectivity index is 0.000000810. The fraction of sp³-hybridized carbons (Fsp3) is 0.250. The zero-order chi connectivity index (χ0) is 6.53. The molecule has 0 spiro atoms. The van der Waals surface area contributed by atoms with E-state index in [1.54, 1.807) is 7.11 Å². The maximum absolute atomic E-state index is 4.93. The van der Waals surface area contributed by atoms with Crippen molar-refractivity contribution >= 4 is 0 Å². The van der Waals surface area contributed by atoms with E-state index in [1.165, 1.54) is 5.56 Å². The fourth-order valence-corrected chi connectivity index (χ4v) is 0.741. The molecule has 54 valence electrons. The maximum Gasteiger partial charge on any atom is 0.0713 e. The van der Waals surface area contributed by atoms with E-state index in [1.807, 2.05) is 30.3 Å². The van der Waals surface area contributed by atoms with Crippen LogP contribution in [0.2, 0.25) is 0 Å². The summed E-state index contributed by atoms with van der Waals surface area (Å²) in [5.41, 5.74) is 1.22. The van der Waals surface area contributed by atoms with Gasteiger partial charge in [0.2, 0.25) is 0 Å². The van der Waals surface area contributed by atoms with Gasteiger partial charge in [-0.1, -0.05) is 30.3 Å². The molecule has 0 N–H and O–H groups in total. The molecule has 0 unspecified atom stereocenters. The van der Waals surface area contributed by atoms with Crippen molar-refractivity contribution in [2.45, 2.75) is 6.61 Å². The molecule has 10 heavy (non-hydrogen) atoms. The third-order valence-electron chi connectivity index (χ3n) is 1.15. The molecular weight excluding hydrogens is 164 g/mol. The maximum atomic E-state index is 4.93. The topological polar surface area (TPSA) is 9.23 Å². The van der Waals surface area contributed by atoms with Gasteiger partial charge in [0.1, 0.15) is 0 Å². The molecule has 0 fully saturated rings. The number of benzene rings is 1. The molecule has 0 aromatic heterocycles. The van der Waals surface area contributed by atoms with Crippen LogP contribution in [0.15, 0.2) is 30.3 Å². The minimum atomic E-state index is 0. The average Bonchev–Trinajstić information content (AvgIpc) is 1.91. The third-order valence-corrected chi connectivity index (χ3v) is 1.15. The number of hydrogen-bond acceptors (Lipinski definition) is 1. The van der Waals surface area contributed by atoms with Gasteiger partial charge < -0.3 is 4.74 Å². The molecule has 0 saturated heterocycles. The molecule has 1 aromatic rings. The largest absolute Gasteiger partial charge is 0.380 e. The molecule has 1 nitrogen and oxygen atoms in total. The van der Waals surface area contributed by atoms with Crippen molar-refractivity contribution in [3.63, 3.8) is 0 Å². The molecular formula is C8H10CrO. The summed E-state index contributed by atoms with van der Waals surface area (Å²) in [4.78, 5) is 0. The van der Waals surface area contributed by atoms with Gasteiger partial charge in [-0.25, -0.2) is 0 Å². The van der Waals surface area contributed by atoms with Gasteiger partial charge in [0.25, 0.3) is 0 Å². The Bertz CT molecular complexity index is 162. The van der Waals surface area contributed by atoms with Crippen molar-refractivity contribution in [1.82, 2.24) is 0 Å². The molecule has 1 rings (SSSR count). The van der Waals surface area contributed by atoms with Crippen LogP contribution in [0, 0.1) is 0 Å². The minimum absolute atomic E-state index is 0. The molecule has 0 aliphatic carbocycles. The van der Waals surface area contributed by atoms with Crippen LogP contribution in [0.3, 0.4) is 0 Å². The van der Waals surface area contributed by atoms with Gasteiger partial charge in [-0.05, 0) is 5.56 Å². The van der Waals surface area contributed by atoms with Gasteiger partial charge >= 0.3 is 0 Å². The molecule has 0 aliphatic rings. The van der Waals surface area contributed by atoms with Crippen molar-refractivity contribution in [3.05, 3.63) is 35.9 Å². The van der Waals surface area contributed by atoms with Crippen molar-refractivity contribution in [2.75, 3.05) is 7.11 Å². The first kappa shape index (κ1) is 9.71. The van der Waals surface area contributed by atoms with Gasteiger partial charge in [0.05, 0.1) is 6.61 Å². The van der Waals surface area contributed by atoms with Gasteiger partial charge in [-0.2, -0.15) is 0 Å². The van der Waals surface area contributed by atoms with Crippen molar-refractivity contribution in [1.29, 1.82) is 0 Å². The second-order valence-electron chi connectivity index (χ2n) is 1.92. The second kappa shape index (κ2) is 5.49. The summed E-state index contributed by atoms with van der Waals surface area (Å²) in [7, 11) is 1.70. The molecule has 2 heteroatoms. The van der Waals surface area contributed by atoms with Crippen molar-refractivity contribution in [3.8, 4) is 0 Å². The van der Waals surface area contributed by atoms with E-state index in [-0.39, 0.29) is 17.4 Å². The van der Waals surface area contributed by atoms with E-state index < -0.39 is 0 Å². The Morgan fingerprint density at radius 3 is 2.30 bits per heavy atom. The second-order valence-corrected chi connectivity index (χ2v) is 1.92. The van der Waals surface area contributed by atoms with E-state index in [4.69, 9.17) is 4.74 Å². The molecule has 0 amide bonds. The van der Waals surface area contributed by atoms with Crippen LogP contribution in [0.4, 0.5) is 0 Å². The van der Waals surface area contributed by atoms with E-state index in [9.17, 15) is 0 Å². The zero-order valence-electron chi connectivity index (χ0n) is 5.91. The fourth-order valence-electron chi connectivity index (χ4n) is 0.741. The Hall–Kier alpha value is -0.288. The number of hydrogen-bond donors (Lipinski definition) is 0. The van der Waals surface area contributed by atoms with E-state index in [0.717, 1.165) is 0 Å². The van der Waals surface area contributed by atoms with Gasteiger partial charge in [0.15, 0.2) is 0 Å². The van der Waals surface area contributed by atoms with Gasteiger partial charge in [0, 0.05) is 24.5 Å². The first-order valence-electron chi connectivity index (χ1n) is 2.96. The summed E-state index contributed by atoms with van der Waals surface area (Å²) in [6.45, 7) is 0.709. The van der Waals surface area contributed by atoms with E-state index in [0.29, 0.717) is 6.61 Å². The van der Waals surface area contributed by atoms with Gasteiger partial charge in [-0.3, -0.25) is 0 Å². The Morgan fingerprint density at radius 2 is 1.80 bits per heavy atom. The molecule has 0 saturated carbocycles. The van der Waals surface area contributed by atoms with Crippen LogP contribution < -0.4 is 0 Å². The summed E-state index contributed by atoms with van der Waals surface area (Å²) in [6.07, 6.45) is 0. The predicted molar refractivity (Wildman–Crippen MR) is 37.2 cm³/mol. The summed E-state index contributed by atoms with van der Waals surface area (Å²) in [6, 6.07) is 10.1. The number of ether oxygens (including phenoxy) is 1. The Labute approximate surface area is 72.1 Å². The van der Waals surface area contributed by atoms with Gasteiger partial charge in [-0.15, -0.1) is 0 Å². The van der Waals surface area contributed by atoms with Crippen LogP contribution >= 0.6 is 0 Å². The van der Waals surface area contributed by atoms with E-state index in [2.05, 4.69) is 0 Å². The third kappa shape index (κ3) is 3.03. The normalized spacial score (nSPS) is 8.50. The standard InChI is InChI=1S/C8H10O.Cr/c1-9-7-8-5-3-2-4-6-8;/h2-6H,7H2,1H3;. The number of methoxy groups -OCH3 is 1. The Kier molecular flexibility index (Phi) is 5.34. The molecule has 0 aliphatic heterocycles. The first-order valence-corrected chi connectivity index (χ1v) is 2.96. The summed E-state index contributed by atoms with van der Waals surface area (Å²) >= 11 is 0. The molecule has 0 heterocycles. The molecule has 0 atom stereocenters. The van der Waals surface area contributed by atoms with E-state index >= 15 is 0 Å². The van der Waals surface area contributed by atoms with Crippen LogP contribution in [0.25, 0.3) is 0 Å². The van der Waals surface area contributed by atoms with Crippen molar-refractivity contribution < 1.29 is 22.1 Å². The smallest absolute Gasteiger partial charge is 0.0713 e. The van der Waals surface area contributed by atoms with Crippen LogP contribution in [0.5, 0.6) is 0 Å². The molecule has 0 bridgehead atoms.